The molecule has 1 aromatic carbocycles. The maximum Gasteiger partial charge on any atom is 0.174 e. The molecule has 0 spiro atoms. The molecule has 0 N–H and O–H groups in total. The molecule has 3 atom stereocenters. The van der Waals surface area contributed by atoms with Crippen LogP contribution in [0.15, 0.2) is 24.3 Å². The minimum Gasteiger partial charge on any atom is -0.299 e. The highest BCUT2D eigenvalue weighted by Gasteiger charge is 2.38. The first-order valence-electron chi connectivity index (χ1n) is 10.4. The number of Topliss-reactive ketones (excluding diaryl/α,β-unsaturated/α-hetero) is 3. The van der Waals surface area contributed by atoms with Crippen molar-refractivity contribution in [1.29, 1.82) is 0 Å². The standard InChI is InChI=1S/C23H28O3/c24-21(17-13-12-15-6-1-2-7-16(15)14-17)11-5-10-20-22(25)18-8-3-4-9-19(18)23(20)26/h3-4,8-9,15-17,20H,1-2,5-7,10-14H2. The highest BCUT2D eigenvalue weighted by Crippen LogP contribution is 2.43. The SMILES string of the molecule is O=C(CCCC1C(=O)c2ccccc2C1=O)C1CCC2CCCCC2C1. The van der Waals surface area contributed by atoms with Crippen LogP contribution < -0.4 is 0 Å². The number of benzene rings is 1. The zero-order chi connectivity index (χ0) is 18.1. The summed E-state index contributed by atoms with van der Waals surface area (Å²) >= 11 is 0. The lowest BCUT2D eigenvalue weighted by molar-refractivity contribution is -0.125. The topological polar surface area (TPSA) is 51.2 Å². The Bertz CT molecular complexity index is 685. The molecule has 26 heavy (non-hydrogen) atoms. The molecule has 2 fully saturated rings. The Hall–Kier alpha value is -1.77. The van der Waals surface area contributed by atoms with Gasteiger partial charge in [0.2, 0.25) is 0 Å². The molecule has 0 radical (unpaired) electrons. The summed E-state index contributed by atoms with van der Waals surface area (Å²) in [5, 5.41) is 0. The highest BCUT2D eigenvalue weighted by atomic mass is 16.2. The van der Waals surface area contributed by atoms with Gasteiger partial charge in [-0.1, -0.05) is 49.9 Å². The minimum absolute atomic E-state index is 0.0548. The number of rotatable bonds is 5. The third-order valence-electron chi connectivity index (χ3n) is 7.00. The molecular formula is C23H28O3. The van der Waals surface area contributed by atoms with E-state index in [1.54, 1.807) is 24.3 Å². The van der Waals surface area contributed by atoms with Crippen molar-refractivity contribution in [3.63, 3.8) is 0 Å². The van der Waals surface area contributed by atoms with Crippen LogP contribution in [-0.2, 0) is 4.79 Å². The molecular weight excluding hydrogens is 324 g/mol. The normalized spacial score (nSPS) is 28.7. The second-order valence-electron chi connectivity index (χ2n) is 8.50. The van der Waals surface area contributed by atoms with E-state index in [0.29, 0.717) is 36.2 Å². The van der Waals surface area contributed by atoms with Gasteiger partial charge in [-0.2, -0.15) is 0 Å². The van der Waals surface area contributed by atoms with Crippen LogP contribution in [0.5, 0.6) is 0 Å². The van der Waals surface area contributed by atoms with Gasteiger partial charge in [-0.25, -0.2) is 0 Å². The fraction of sp³-hybridized carbons (Fsp3) is 0.609. The largest absolute Gasteiger partial charge is 0.299 e. The molecule has 0 saturated heterocycles. The average Bonchev–Trinajstić information content (AvgIpc) is 2.92. The molecule has 3 nitrogen and oxygen atoms in total. The number of hydrogen-bond donors (Lipinski definition) is 0. The number of ketones is 3. The van der Waals surface area contributed by atoms with E-state index < -0.39 is 5.92 Å². The van der Waals surface area contributed by atoms with Crippen LogP contribution in [0.2, 0.25) is 0 Å². The summed E-state index contributed by atoms with van der Waals surface area (Å²) in [6, 6.07) is 7.09. The van der Waals surface area contributed by atoms with Crippen molar-refractivity contribution in [3.05, 3.63) is 35.4 Å². The maximum atomic E-state index is 12.7. The van der Waals surface area contributed by atoms with Crippen LogP contribution in [0.1, 0.15) is 84.9 Å². The molecule has 1 aromatic rings. The van der Waals surface area contributed by atoms with Gasteiger partial charge in [-0.15, -0.1) is 0 Å². The van der Waals surface area contributed by atoms with Crippen LogP contribution >= 0.6 is 0 Å². The molecule has 3 aliphatic carbocycles. The third kappa shape index (κ3) is 3.28. The monoisotopic (exact) mass is 352 g/mol. The molecule has 3 unspecified atom stereocenters. The molecule has 138 valence electrons. The maximum absolute atomic E-state index is 12.7. The summed E-state index contributed by atoms with van der Waals surface area (Å²) in [7, 11) is 0. The van der Waals surface area contributed by atoms with Crippen LogP contribution in [0.3, 0.4) is 0 Å². The Balaban J connectivity index is 1.28. The van der Waals surface area contributed by atoms with Gasteiger partial charge >= 0.3 is 0 Å². The number of carbonyl (C=O) groups excluding carboxylic acids is 3. The average molecular weight is 352 g/mol. The van der Waals surface area contributed by atoms with Crippen LogP contribution in [-0.4, -0.2) is 17.3 Å². The molecule has 0 amide bonds. The van der Waals surface area contributed by atoms with Crippen molar-refractivity contribution in [1.82, 2.24) is 0 Å². The zero-order valence-electron chi connectivity index (χ0n) is 15.4. The first-order valence-corrected chi connectivity index (χ1v) is 10.4. The Morgan fingerprint density at radius 1 is 0.885 bits per heavy atom. The van der Waals surface area contributed by atoms with Gasteiger partial charge in [0.15, 0.2) is 11.6 Å². The summed E-state index contributed by atoms with van der Waals surface area (Å²) in [5.74, 6) is 1.54. The van der Waals surface area contributed by atoms with Crippen LogP contribution in [0.25, 0.3) is 0 Å². The molecule has 3 heteroatoms. The van der Waals surface area contributed by atoms with Crippen molar-refractivity contribution in [2.75, 3.05) is 0 Å². The lowest BCUT2D eigenvalue weighted by atomic mass is 9.66. The summed E-state index contributed by atoms with van der Waals surface area (Å²) in [6.45, 7) is 0. The van der Waals surface area contributed by atoms with E-state index in [0.717, 1.165) is 24.7 Å². The Labute approximate surface area is 155 Å². The lowest BCUT2D eigenvalue weighted by Crippen LogP contribution is -2.31. The van der Waals surface area contributed by atoms with E-state index in [9.17, 15) is 14.4 Å². The summed E-state index contributed by atoms with van der Waals surface area (Å²) in [4.78, 5) is 37.5. The molecule has 0 heterocycles. The van der Waals surface area contributed by atoms with Gasteiger partial charge in [-0.05, 0) is 43.9 Å². The van der Waals surface area contributed by atoms with Crippen molar-refractivity contribution >= 4 is 17.3 Å². The lowest BCUT2D eigenvalue weighted by Gasteiger charge is -2.38. The summed E-state index contributed by atoms with van der Waals surface area (Å²) in [6.07, 6.45) is 10.4. The van der Waals surface area contributed by atoms with Crippen LogP contribution in [0.4, 0.5) is 0 Å². The predicted molar refractivity (Wildman–Crippen MR) is 100 cm³/mol. The molecule has 0 bridgehead atoms. The van der Waals surface area contributed by atoms with Crippen molar-refractivity contribution in [3.8, 4) is 0 Å². The predicted octanol–water partition coefficient (Wildman–Crippen LogP) is 5.03. The van der Waals surface area contributed by atoms with E-state index >= 15 is 0 Å². The number of hydrogen-bond acceptors (Lipinski definition) is 3. The van der Waals surface area contributed by atoms with Crippen molar-refractivity contribution in [2.24, 2.45) is 23.7 Å². The highest BCUT2D eigenvalue weighted by molar-refractivity contribution is 6.26. The van der Waals surface area contributed by atoms with E-state index in [2.05, 4.69) is 0 Å². The molecule has 0 aliphatic heterocycles. The van der Waals surface area contributed by atoms with E-state index in [4.69, 9.17) is 0 Å². The van der Waals surface area contributed by atoms with Gasteiger partial charge in [0.25, 0.3) is 0 Å². The molecule has 2 saturated carbocycles. The van der Waals surface area contributed by atoms with Crippen molar-refractivity contribution < 1.29 is 14.4 Å². The second-order valence-corrected chi connectivity index (χ2v) is 8.50. The van der Waals surface area contributed by atoms with E-state index in [1.807, 2.05) is 0 Å². The minimum atomic E-state index is -0.561. The van der Waals surface area contributed by atoms with E-state index in [-0.39, 0.29) is 17.5 Å². The Morgan fingerprint density at radius 2 is 1.54 bits per heavy atom. The number of fused-ring (bicyclic) bond motifs is 2. The fourth-order valence-corrected chi connectivity index (χ4v) is 5.52. The summed E-state index contributed by atoms with van der Waals surface area (Å²) < 4.78 is 0. The number of carbonyl (C=O) groups is 3. The van der Waals surface area contributed by atoms with E-state index in [1.165, 1.54) is 32.1 Å². The molecule has 4 rings (SSSR count). The Kier molecular flexibility index (Phi) is 5.06. The van der Waals surface area contributed by atoms with Crippen molar-refractivity contribution in [2.45, 2.75) is 64.2 Å². The molecule has 0 aromatic heterocycles. The smallest absolute Gasteiger partial charge is 0.174 e. The van der Waals surface area contributed by atoms with Gasteiger partial charge < -0.3 is 0 Å². The van der Waals surface area contributed by atoms with Crippen LogP contribution in [0, 0.1) is 23.7 Å². The third-order valence-corrected chi connectivity index (χ3v) is 7.00. The molecule has 3 aliphatic rings. The fourth-order valence-electron chi connectivity index (χ4n) is 5.52. The second kappa shape index (κ2) is 7.46. The van der Waals surface area contributed by atoms with Gasteiger partial charge in [0.05, 0.1) is 5.92 Å². The Morgan fingerprint density at radius 3 is 2.23 bits per heavy atom. The zero-order valence-corrected chi connectivity index (χ0v) is 15.4. The van der Waals surface area contributed by atoms with Gasteiger partial charge in [0.1, 0.15) is 5.78 Å². The quantitative estimate of drug-likeness (QED) is 0.699. The first kappa shape index (κ1) is 17.6. The summed E-state index contributed by atoms with van der Waals surface area (Å²) in [5.41, 5.74) is 1.12. The van der Waals surface area contributed by atoms with Gasteiger partial charge in [0, 0.05) is 23.5 Å². The van der Waals surface area contributed by atoms with Gasteiger partial charge in [-0.3, -0.25) is 14.4 Å². The first-order chi connectivity index (χ1) is 12.6.